The highest BCUT2D eigenvalue weighted by Gasteiger charge is 2.04. The van der Waals surface area contributed by atoms with E-state index in [4.69, 9.17) is 0 Å². The van der Waals surface area contributed by atoms with E-state index in [0.717, 1.165) is 6.42 Å². The van der Waals surface area contributed by atoms with Gasteiger partial charge < -0.3 is 0 Å². The third kappa shape index (κ3) is 1.79. The molecule has 0 bridgehead atoms. The van der Waals surface area contributed by atoms with Gasteiger partial charge in [0.15, 0.2) is 0 Å². The van der Waals surface area contributed by atoms with E-state index in [0.29, 0.717) is 5.92 Å². The van der Waals surface area contributed by atoms with Crippen molar-refractivity contribution in [2.75, 3.05) is 0 Å². The van der Waals surface area contributed by atoms with Crippen LogP contribution in [-0.2, 0) is 6.42 Å². The Hall–Kier alpha value is -0.850. The lowest BCUT2D eigenvalue weighted by Gasteiger charge is -2.08. The smallest absolute Gasteiger partial charge is 0.0460 e. The average molecular weight is 149 g/mol. The Morgan fingerprint density at radius 1 is 1.45 bits per heavy atom. The molecule has 60 valence electrons. The summed E-state index contributed by atoms with van der Waals surface area (Å²) in [7, 11) is 0. The van der Waals surface area contributed by atoms with Crippen LogP contribution in [0.2, 0.25) is 0 Å². The molecule has 0 saturated carbocycles. The van der Waals surface area contributed by atoms with Gasteiger partial charge in [-0.2, -0.15) is 0 Å². The number of nitrogens with zero attached hydrogens (tertiary/aromatic N) is 1. The lowest BCUT2D eigenvalue weighted by molar-refractivity contribution is 0.800. The molecule has 0 aliphatic rings. The van der Waals surface area contributed by atoms with E-state index in [1.807, 2.05) is 12.3 Å². The molecule has 0 amide bonds. The van der Waals surface area contributed by atoms with Gasteiger partial charge in [-0.3, -0.25) is 4.98 Å². The summed E-state index contributed by atoms with van der Waals surface area (Å²) in [5.41, 5.74) is 2.62. The van der Waals surface area contributed by atoms with Crippen molar-refractivity contribution < 1.29 is 0 Å². The van der Waals surface area contributed by atoms with Gasteiger partial charge in [0.1, 0.15) is 0 Å². The van der Waals surface area contributed by atoms with Gasteiger partial charge in [-0.15, -0.1) is 0 Å². The molecule has 1 heterocycles. The Balaban J connectivity index is 3.02. The maximum absolute atomic E-state index is 4.35. The van der Waals surface area contributed by atoms with Crippen LogP contribution in [0.1, 0.15) is 37.9 Å². The minimum atomic E-state index is 0.547. The first-order valence-electron chi connectivity index (χ1n) is 4.19. The molecule has 0 N–H and O–H groups in total. The standard InChI is InChI=1S/C10H15N/c1-4-9-6-5-7-11-10(9)8(2)3/h5-8H,4H2,1-3H3. The largest absolute Gasteiger partial charge is 0.261 e. The Kier molecular flexibility index (Phi) is 2.64. The second kappa shape index (κ2) is 3.51. The number of hydrogen-bond donors (Lipinski definition) is 0. The zero-order valence-corrected chi connectivity index (χ0v) is 7.46. The first-order chi connectivity index (χ1) is 5.25. The van der Waals surface area contributed by atoms with Gasteiger partial charge in [0.2, 0.25) is 0 Å². The fourth-order valence-corrected chi connectivity index (χ4v) is 1.27. The zero-order valence-electron chi connectivity index (χ0n) is 7.46. The summed E-state index contributed by atoms with van der Waals surface area (Å²) >= 11 is 0. The Bertz CT molecular complexity index is 228. The van der Waals surface area contributed by atoms with E-state index >= 15 is 0 Å². The van der Waals surface area contributed by atoms with Crippen LogP contribution in [0.4, 0.5) is 0 Å². The molecule has 0 spiro atoms. The van der Waals surface area contributed by atoms with E-state index in [2.05, 4.69) is 31.8 Å². The average Bonchev–Trinajstić information content (AvgIpc) is 2.04. The minimum absolute atomic E-state index is 0.547. The lowest BCUT2D eigenvalue weighted by Crippen LogP contribution is -1.97. The molecule has 11 heavy (non-hydrogen) atoms. The van der Waals surface area contributed by atoms with Crippen molar-refractivity contribution >= 4 is 0 Å². The molecule has 0 radical (unpaired) electrons. The monoisotopic (exact) mass is 149 g/mol. The van der Waals surface area contributed by atoms with Crippen molar-refractivity contribution in [3.05, 3.63) is 29.6 Å². The van der Waals surface area contributed by atoms with Crippen LogP contribution >= 0.6 is 0 Å². The van der Waals surface area contributed by atoms with Crippen LogP contribution in [0.5, 0.6) is 0 Å². The van der Waals surface area contributed by atoms with Gasteiger partial charge in [0.25, 0.3) is 0 Å². The maximum Gasteiger partial charge on any atom is 0.0460 e. The van der Waals surface area contributed by atoms with Crippen LogP contribution in [-0.4, -0.2) is 4.98 Å². The van der Waals surface area contributed by atoms with E-state index < -0.39 is 0 Å². The fraction of sp³-hybridized carbons (Fsp3) is 0.500. The van der Waals surface area contributed by atoms with Crippen LogP contribution in [0, 0.1) is 0 Å². The molecule has 0 fully saturated rings. The van der Waals surface area contributed by atoms with Crippen LogP contribution in [0.3, 0.4) is 0 Å². The minimum Gasteiger partial charge on any atom is -0.261 e. The van der Waals surface area contributed by atoms with Crippen LogP contribution in [0.25, 0.3) is 0 Å². The topological polar surface area (TPSA) is 12.9 Å². The number of rotatable bonds is 2. The quantitative estimate of drug-likeness (QED) is 0.630. The van der Waals surface area contributed by atoms with Crippen molar-refractivity contribution in [1.29, 1.82) is 0 Å². The van der Waals surface area contributed by atoms with Gasteiger partial charge in [0, 0.05) is 11.9 Å². The molecule has 1 heteroatoms. The van der Waals surface area contributed by atoms with E-state index in [-0.39, 0.29) is 0 Å². The zero-order chi connectivity index (χ0) is 8.27. The summed E-state index contributed by atoms with van der Waals surface area (Å²) in [5, 5.41) is 0. The number of aromatic nitrogens is 1. The highest BCUT2D eigenvalue weighted by atomic mass is 14.7. The van der Waals surface area contributed by atoms with E-state index in [1.54, 1.807) is 0 Å². The van der Waals surface area contributed by atoms with Crippen LogP contribution in [0.15, 0.2) is 18.3 Å². The number of pyridine rings is 1. The maximum atomic E-state index is 4.35. The molecule has 1 nitrogen and oxygen atoms in total. The first kappa shape index (κ1) is 8.25. The third-order valence-electron chi connectivity index (χ3n) is 1.85. The molecular formula is C10H15N. The molecule has 0 saturated heterocycles. The summed E-state index contributed by atoms with van der Waals surface area (Å²) in [5.74, 6) is 0.547. The second-order valence-electron chi connectivity index (χ2n) is 3.06. The molecule has 0 aliphatic carbocycles. The van der Waals surface area contributed by atoms with E-state index in [1.165, 1.54) is 11.3 Å². The molecule has 1 rings (SSSR count). The molecule has 0 unspecified atom stereocenters. The molecule has 0 atom stereocenters. The van der Waals surface area contributed by atoms with Crippen LogP contribution < -0.4 is 0 Å². The highest BCUT2D eigenvalue weighted by Crippen LogP contribution is 2.16. The Morgan fingerprint density at radius 2 is 2.18 bits per heavy atom. The van der Waals surface area contributed by atoms with Gasteiger partial charge in [-0.05, 0) is 24.0 Å². The summed E-state index contributed by atoms with van der Waals surface area (Å²) < 4.78 is 0. The Labute approximate surface area is 68.5 Å². The summed E-state index contributed by atoms with van der Waals surface area (Å²) in [6.45, 7) is 6.53. The number of hydrogen-bond acceptors (Lipinski definition) is 1. The first-order valence-corrected chi connectivity index (χ1v) is 4.19. The molecule has 0 aromatic carbocycles. The van der Waals surface area contributed by atoms with Crippen molar-refractivity contribution in [2.24, 2.45) is 0 Å². The summed E-state index contributed by atoms with van der Waals surface area (Å²) in [6, 6.07) is 4.16. The summed E-state index contributed by atoms with van der Waals surface area (Å²) in [6.07, 6.45) is 2.95. The van der Waals surface area contributed by atoms with Gasteiger partial charge in [0.05, 0.1) is 0 Å². The predicted octanol–water partition coefficient (Wildman–Crippen LogP) is 2.77. The normalized spacial score (nSPS) is 10.5. The van der Waals surface area contributed by atoms with Gasteiger partial charge in [-0.1, -0.05) is 26.8 Å². The molecule has 1 aromatic rings. The lowest BCUT2D eigenvalue weighted by atomic mass is 10.0. The SMILES string of the molecule is CCc1cccnc1C(C)C. The van der Waals surface area contributed by atoms with Crippen molar-refractivity contribution in [2.45, 2.75) is 33.1 Å². The highest BCUT2D eigenvalue weighted by molar-refractivity contribution is 5.21. The predicted molar refractivity (Wildman–Crippen MR) is 47.7 cm³/mol. The second-order valence-corrected chi connectivity index (χ2v) is 3.06. The van der Waals surface area contributed by atoms with Crippen molar-refractivity contribution in [3.8, 4) is 0 Å². The van der Waals surface area contributed by atoms with Crippen molar-refractivity contribution in [1.82, 2.24) is 4.98 Å². The molecular weight excluding hydrogens is 134 g/mol. The Morgan fingerprint density at radius 3 is 2.64 bits per heavy atom. The molecule has 1 aromatic heterocycles. The van der Waals surface area contributed by atoms with E-state index in [9.17, 15) is 0 Å². The van der Waals surface area contributed by atoms with Crippen molar-refractivity contribution in [3.63, 3.8) is 0 Å². The summed E-state index contributed by atoms with van der Waals surface area (Å²) in [4.78, 5) is 4.35. The third-order valence-corrected chi connectivity index (χ3v) is 1.85. The van der Waals surface area contributed by atoms with Gasteiger partial charge >= 0.3 is 0 Å². The van der Waals surface area contributed by atoms with Gasteiger partial charge in [-0.25, -0.2) is 0 Å². The fourth-order valence-electron chi connectivity index (χ4n) is 1.27. The molecule has 0 aliphatic heterocycles. The number of aryl methyl sites for hydroxylation is 1.